The van der Waals surface area contributed by atoms with E-state index in [0.29, 0.717) is 13.2 Å². The van der Waals surface area contributed by atoms with Gasteiger partial charge in [0.05, 0.1) is 13.2 Å². The van der Waals surface area contributed by atoms with E-state index in [1.807, 2.05) is 6.07 Å². The molecule has 0 aliphatic rings. The Morgan fingerprint density at radius 3 is 1.65 bits per heavy atom. The molecule has 132 valence electrons. The monoisotopic (exact) mass is 388 g/mol. The van der Waals surface area contributed by atoms with Crippen LogP contribution in [0.4, 0.5) is 0 Å². The largest absolute Gasteiger partial charge is 0.396 e. The van der Waals surface area contributed by atoms with Crippen LogP contribution in [-0.4, -0.2) is 36.6 Å². The van der Waals surface area contributed by atoms with Crippen molar-refractivity contribution >= 4 is 15.9 Å². The summed E-state index contributed by atoms with van der Waals surface area (Å²) in [5, 5.41) is 17.5. The summed E-state index contributed by atoms with van der Waals surface area (Å²) in [5.74, 6) is 0. The van der Waals surface area contributed by atoms with Crippen molar-refractivity contribution in [2.24, 2.45) is 0 Å². The molecule has 0 atom stereocenters. The van der Waals surface area contributed by atoms with Gasteiger partial charge in [-0.05, 0) is 49.7 Å². The van der Waals surface area contributed by atoms with Gasteiger partial charge in [-0.15, -0.1) is 0 Å². The third kappa shape index (κ3) is 9.42. The van der Waals surface area contributed by atoms with E-state index in [4.69, 9.17) is 19.7 Å². The standard InChI is InChI=1S/C18H29BrO4/c19-18-16(14-22-12-5-1-3-10-20)8-7-9-17(18)15-23-13-6-2-4-11-21/h7-9,20-21H,1-6,10-15H2. The molecule has 1 aromatic carbocycles. The summed E-state index contributed by atoms with van der Waals surface area (Å²) in [4.78, 5) is 0. The molecule has 0 heterocycles. The van der Waals surface area contributed by atoms with Gasteiger partial charge in [-0.1, -0.05) is 34.1 Å². The molecule has 5 heteroatoms. The lowest BCUT2D eigenvalue weighted by Crippen LogP contribution is -2.01. The molecular weight excluding hydrogens is 360 g/mol. The Bertz CT molecular complexity index is 378. The summed E-state index contributed by atoms with van der Waals surface area (Å²) in [6, 6.07) is 6.14. The predicted molar refractivity (Wildman–Crippen MR) is 95.3 cm³/mol. The molecule has 0 bridgehead atoms. The van der Waals surface area contributed by atoms with Crippen molar-refractivity contribution in [3.8, 4) is 0 Å². The SMILES string of the molecule is OCCCCCOCc1cccc(COCCCCCO)c1Br. The summed E-state index contributed by atoms with van der Waals surface area (Å²) in [6.07, 6.45) is 5.66. The summed E-state index contributed by atoms with van der Waals surface area (Å²) in [7, 11) is 0. The minimum atomic E-state index is 0.258. The van der Waals surface area contributed by atoms with E-state index in [9.17, 15) is 0 Å². The van der Waals surface area contributed by atoms with Gasteiger partial charge >= 0.3 is 0 Å². The number of rotatable bonds is 14. The summed E-state index contributed by atoms with van der Waals surface area (Å²) >= 11 is 3.64. The zero-order valence-corrected chi connectivity index (χ0v) is 15.4. The summed E-state index contributed by atoms with van der Waals surface area (Å²) < 4.78 is 12.5. The molecule has 1 aromatic rings. The first-order valence-electron chi connectivity index (χ1n) is 8.43. The van der Waals surface area contributed by atoms with Gasteiger partial charge in [-0.2, -0.15) is 0 Å². The van der Waals surface area contributed by atoms with Crippen molar-refractivity contribution < 1.29 is 19.7 Å². The van der Waals surface area contributed by atoms with Gasteiger partial charge in [0.15, 0.2) is 0 Å². The zero-order chi connectivity index (χ0) is 16.8. The summed E-state index contributed by atoms with van der Waals surface area (Å²) in [6.45, 7) is 3.13. The van der Waals surface area contributed by atoms with E-state index in [0.717, 1.165) is 67.3 Å². The molecule has 0 fully saturated rings. The molecule has 23 heavy (non-hydrogen) atoms. The Morgan fingerprint density at radius 2 is 1.22 bits per heavy atom. The number of hydrogen-bond acceptors (Lipinski definition) is 4. The number of aliphatic hydroxyl groups is 2. The third-order valence-electron chi connectivity index (χ3n) is 3.57. The normalized spacial score (nSPS) is 11.1. The van der Waals surface area contributed by atoms with E-state index in [1.165, 1.54) is 0 Å². The van der Waals surface area contributed by atoms with Crippen LogP contribution < -0.4 is 0 Å². The molecule has 0 aromatic heterocycles. The highest BCUT2D eigenvalue weighted by atomic mass is 79.9. The lowest BCUT2D eigenvalue weighted by Gasteiger charge is -2.11. The van der Waals surface area contributed by atoms with Gasteiger partial charge < -0.3 is 19.7 Å². The van der Waals surface area contributed by atoms with E-state index in [2.05, 4.69) is 28.1 Å². The van der Waals surface area contributed by atoms with Gasteiger partial charge in [-0.3, -0.25) is 0 Å². The molecule has 0 saturated carbocycles. The van der Waals surface area contributed by atoms with Gasteiger partial charge in [-0.25, -0.2) is 0 Å². The quantitative estimate of drug-likeness (QED) is 0.475. The van der Waals surface area contributed by atoms with Crippen LogP contribution in [0.3, 0.4) is 0 Å². The number of unbranched alkanes of at least 4 members (excludes halogenated alkanes) is 4. The highest BCUT2D eigenvalue weighted by molar-refractivity contribution is 9.10. The smallest absolute Gasteiger partial charge is 0.0727 e. The fourth-order valence-corrected chi connectivity index (χ4v) is 2.70. The van der Waals surface area contributed by atoms with Crippen molar-refractivity contribution in [2.45, 2.75) is 51.7 Å². The maximum absolute atomic E-state index is 8.73. The first-order chi connectivity index (χ1) is 11.3. The molecule has 0 aliphatic carbocycles. The second-order valence-electron chi connectivity index (χ2n) is 5.56. The topological polar surface area (TPSA) is 58.9 Å². The highest BCUT2D eigenvalue weighted by Gasteiger charge is 2.06. The summed E-state index contributed by atoms with van der Waals surface area (Å²) in [5.41, 5.74) is 2.27. The van der Waals surface area contributed by atoms with E-state index in [-0.39, 0.29) is 13.2 Å². The predicted octanol–water partition coefficient (Wildman–Crippen LogP) is 3.81. The Kier molecular flexibility index (Phi) is 12.5. The Labute approximate surface area is 147 Å². The van der Waals surface area contributed by atoms with Gasteiger partial charge in [0.25, 0.3) is 0 Å². The molecule has 0 amide bonds. The van der Waals surface area contributed by atoms with Crippen molar-refractivity contribution in [3.05, 3.63) is 33.8 Å². The highest BCUT2D eigenvalue weighted by Crippen LogP contribution is 2.23. The zero-order valence-electron chi connectivity index (χ0n) is 13.8. The maximum Gasteiger partial charge on any atom is 0.0727 e. The average molecular weight is 389 g/mol. The lowest BCUT2D eigenvalue weighted by atomic mass is 10.1. The van der Waals surface area contributed by atoms with Gasteiger partial charge in [0.2, 0.25) is 0 Å². The van der Waals surface area contributed by atoms with Crippen molar-refractivity contribution in [2.75, 3.05) is 26.4 Å². The molecular formula is C18H29BrO4. The van der Waals surface area contributed by atoms with Crippen LogP contribution in [0, 0.1) is 0 Å². The minimum absolute atomic E-state index is 0.258. The molecule has 0 aliphatic heterocycles. The van der Waals surface area contributed by atoms with E-state index >= 15 is 0 Å². The fourth-order valence-electron chi connectivity index (χ4n) is 2.21. The number of halogens is 1. The Hall–Kier alpha value is -0.460. The Balaban J connectivity index is 2.27. The van der Waals surface area contributed by atoms with E-state index in [1.54, 1.807) is 0 Å². The van der Waals surface area contributed by atoms with Crippen LogP contribution in [0.15, 0.2) is 22.7 Å². The molecule has 0 saturated heterocycles. The van der Waals surface area contributed by atoms with Gasteiger partial charge in [0, 0.05) is 30.9 Å². The lowest BCUT2D eigenvalue weighted by molar-refractivity contribution is 0.111. The van der Waals surface area contributed by atoms with Crippen LogP contribution in [0.25, 0.3) is 0 Å². The molecule has 4 nitrogen and oxygen atoms in total. The minimum Gasteiger partial charge on any atom is -0.396 e. The maximum atomic E-state index is 8.73. The number of ether oxygens (including phenoxy) is 2. The van der Waals surface area contributed by atoms with E-state index < -0.39 is 0 Å². The second kappa shape index (κ2) is 13.9. The van der Waals surface area contributed by atoms with Crippen LogP contribution in [0.1, 0.15) is 49.7 Å². The van der Waals surface area contributed by atoms with Gasteiger partial charge in [0.1, 0.15) is 0 Å². The first-order valence-corrected chi connectivity index (χ1v) is 9.22. The molecule has 0 radical (unpaired) electrons. The molecule has 1 rings (SSSR count). The molecule has 0 unspecified atom stereocenters. The third-order valence-corrected chi connectivity index (χ3v) is 4.59. The molecule has 0 spiro atoms. The van der Waals surface area contributed by atoms with Crippen LogP contribution in [0.2, 0.25) is 0 Å². The van der Waals surface area contributed by atoms with Crippen molar-refractivity contribution in [1.29, 1.82) is 0 Å². The second-order valence-corrected chi connectivity index (χ2v) is 6.36. The Morgan fingerprint density at radius 1 is 0.739 bits per heavy atom. The fraction of sp³-hybridized carbons (Fsp3) is 0.667. The number of aliphatic hydroxyl groups excluding tert-OH is 2. The van der Waals surface area contributed by atoms with Crippen molar-refractivity contribution in [1.82, 2.24) is 0 Å². The average Bonchev–Trinajstić information content (AvgIpc) is 2.56. The number of hydrogen-bond donors (Lipinski definition) is 2. The number of benzene rings is 1. The first kappa shape index (κ1) is 20.6. The van der Waals surface area contributed by atoms with Crippen LogP contribution in [0.5, 0.6) is 0 Å². The van der Waals surface area contributed by atoms with Crippen LogP contribution in [-0.2, 0) is 22.7 Å². The molecule has 2 N–H and O–H groups in total. The van der Waals surface area contributed by atoms with Crippen molar-refractivity contribution in [3.63, 3.8) is 0 Å². The van der Waals surface area contributed by atoms with Crippen LogP contribution >= 0.6 is 15.9 Å².